The van der Waals surface area contributed by atoms with Gasteiger partial charge in [-0.2, -0.15) is 0 Å². The van der Waals surface area contributed by atoms with Gasteiger partial charge >= 0.3 is 0 Å². The molecule has 0 aliphatic carbocycles. The maximum atomic E-state index is 12.1. The maximum Gasteiger partial charge on any atom is 0.241 e. The minimum absolute atomic E-state index is 0.0548. The molecule has 1 aromatic rings. The lowest BCUT2D eigenvalue weighted by atomic mass is 10.1. The van der Waals surface area contributed by atoms with Crippen LogP contribution in [0.25, 0.3) is 0 Å². The van der Waals surface area contributed by atoms with Gasteiger partial charge in [0.25, 0.3) is 0 Å². The van der Waals surface area contributed by atoms with Crippen molar-refractivity contribution >= 4 is 23.2 Å². The lowest BCUT2D eigenvalue weighted by molar-refractivity contribution is -0.121. The van der Waals surface area contributed by atoms with Crippen molar-refractivity contribution in [3.8, 4) is 0 Å². The largest absolute Gasteiger partial charge is 0.325 e. The van der Waals surface area contributed by atoms with E-state index in [1.165, 1.54) is 19.3 Å². The van der Waals surface area contributed by atoms with Gasteiger partial charge in [0.1, 0.15) is 0 Å². The molecule has 1 aliphatic rings. The summed E-state index contributed by atoms with van der Waals surface area (Å²) in [5, 5.41) is 3.60. The maximum absolute atomic E-state index is 12.1. The van der Waals surface area contributed by atoms with Crippen LogP contribution in [0.2, 0.25) is 5.02 Å². The van der Waals surface area contributed by atoms with E-state index < -0.39 is 0 Å². The van der Waals surface area contributed by atoms with E-state index >= 15 is 0 Å². The van der Waals surface area contributed by atoms with Crippen LogP contribution in [-0.4, -0.2) is 29.9 Å². The van der Waals surface area contributed by atoms with Gasteiger partial charge in [-0.1, -0.05) is 18.0 Å². The van der Waals surface area contributed by atoms with Crippen molar-refractivity contribution < 1.29 is 4.79 Å². The second-order valence-corrected chi connectivity index (χ2v) is 5.21. The second-order valence-electron chi connectivity index (χ2n) is 4.77. The SMILES string of the molecule is C[C@@H](C(=O)Nc1ccc(Cl)cc1)N1CCCCC1. The Morgan fingerprint density at radius 3 is 2.44 bits per heavy atom. The molecule has 2 rings (SSSR count). The number of benzene rings is 1. The third-order valence-corrected chi connectivity index (χ3v) is 3.68. The molecule has 1 heterocycles. The normalized spacial score (nSPS) is 18.3. The minimum atomic E-state index is -0.0685. The molecule has 18 heavy (non-hydrogen) atoms. The van der Waals surface area contributed by atoms with Crippen LogP contribution < -0.4 is 5.32 Å². The Balaban J connectivity index is 1.92. The van der Waals surface area contributed by atoms with E-state index in [2.05, 4.69) is 10.2 Å². The number of hydrogen-bond acceptors (Lipinski definition) is 2. The number of halogens is 1. The summed E-state index contributed by atoms with van der Waals surface area (Å²) in [5.74, 6) is 0.0548. The molecule has 98 valence electrons. The predicted octanol–water partition coefficient (Wildman–Crippen LogP) is 3.15. The summed E-state index contributed by atoms with van der Waals surface area (Å²) < 4.78 is 0. The Morgan fingerprint density at radius 1 is 1.22 bits per heavy atom. The average Bonchev–Trinajstić information content (AvgIpc) is 2.41. The van der Waals surface area contributed by atoms with Crippen molar-refractivity contribution in [3.63, 3.8) is 0 Å². The highest BCUT2D eigenvalue weighted by molar-refractivity contribution is 6.30. The van der Waals surface area contributed by atoms with Crippen LogP contribution in [0.15, 0.2) is 24.3 Å². The highest BCUT2D eigenvalue weighted by atomic mass is 35.5. The van der Waals surface area contributed by atoms with Crippen LogP contribution in [0, 0.1) is 0 Å². The molecule has 1 fully saturated rings. The predicted molar refractivity (Wildman–Crippen MR) is 75.0 cm³/mol. The number of rotatable bonds is 3. The monoisotopic (exact) mass is 266 g/mol. The zero-order chi connectivity index (χ0) is 13.0. The first-order valence-electron chi connectivity index (χ1n) is 6.47. The molecule has 0 bridgehead atoms. The van der Waals surface area contributed by atoms with E-state index in [-0.39, 0.29) is 11.9 Å². The molecule has 0 aromatic heterocycles. The Kier molecular flexibility index (Phi) is 4.61. The van der Waals surface area contributed by atoms with Crippen LogP contribution in [0.4, 0.5) is 5.69 Å². The molecule has 1 aromatic carbocycles. The van der Waals surface area contributed by atoms with Crippen molar-refractivity contribution in [2.24, 2.45) is 0 Å². The van der Waals surface area contributed by atoms with E-state index in [4.69, 9.17) is 11.6 Å². The lowest BCUT2D eigenvalue weighted by Gasteiger charge is -2.31. The van der Waals surface area contributed by atoms with Crippen molar-refractivity contribution in [2.75, 3.05) is 18.4 Å². The highest BCUT2D eigenvalue weighted by Crippen LogP contribution is 2.16. The summed E-state index contributed by atoms with van der Waals surface area (Å²) in [6.07, 6.45) is 3.67. The number of anilines is 1. The first-order valence-corrected chi connectivity index (χ1v) is 6.85. The van der Waals surface area contributed by atoms with Crippen LogP contribution in [0.3, 0.4) is 0 Å². The zero-order valence-corrected chi connectivity index (χ0v) is 11.4. The van der Waals surface area contributed by atoms with E-state index in [1.54, 1.807) is 12.1 Å². The number of amides is 1. The van der Waals surface area contributed by atoms with E-state index in [1.807, 2.05) is 19.1 Å². The number of piperidine rings is 1. The Morgan fingerprint density at radius 2 is 1.83 bits per heavy atom. The van der Waals surface area contributed by atoms with Gasteiger partial charge in [-0.05, 0) is 57.1 Å². The van der Waals surface area contributed by atoms with Crippen molar-refractivity contribution in [1.29, 1.82) is 0 Å². The Bertz CT molecular complexity index is 399. The Labute approximate surface area is 113 Å². The van der Waals surface area contributed by atoms with Gasteiger partial charge in [0.2, 0.25) is 5.91 Å². The molecule has 0 unspecified atom stereocenters. The Hall–Kier alpha value is -1.06. The molecule has 1 aliphatic heterocycles. The fourth-order valence-corrected chi connectivity index (χ4v) is 2.38. The molecular formula is C14H19ClN2O. The van der Waals surface area contributed by atoms with E-state index in [0.717, 1.165) is 18.8 Å². The van der Waals surface area contributed by atoms with Gasteiger partial charge in [-0.3, -0.25) is 9.69 Å². The molecule has 0 radical (unpaired) electrons. The van der Waals surface area contributed by atoms with E-state index in [0.29, 0.717) is 5.02 Å². The summed E-state index contributed by atoms with van der Waals surface area (Å²) in [6.45, 7) is 4.01. The quantitative estimate of drug-likeness (QED) is 0.912. The number of nitrogens with one attached hydrogen (secondary N) is 1. The average molecular weight is 267 g/mol. The summed E-state index contributed by atoms with van der Waals surface area (Å²) in [5.41, 5.74) is 0.799. The van der Waals surface area contributed by atoms with Gasteiger partial charge in [-0.15, -0.1) is 0 Å². The standard InChI is InChI=1S/C14H19ClN2O/c1-11(17-9-3-2-4-10-17)14(18)16-13-7-5-12(15)6-8-13/h5-8,11H,2-4,9-10H2,1H3,(H,16,18)/t11-/m0/s1. The molecule has 0 saturated carbocycles. The molecule has 4 heteroatoms. The first kappa shape index (κ1) is 13.4. The number of carbonyl (C=O) groups excluding carboxylic acids is 1. The smallest absolute Gasteiger partial charge is 0.241 e. The molecular weight excluding hydrogens is 248 g/mol. The molecule has 1 saturated heterocycles. The van der Waals surface area contributed by atoms with Crippen molar-refractivity contribution in [2.45, 2.75) is 32.2 Å². The summed E-state index contributed by atoms with van der Waals surface area (Å²) in [6, 6.07) is 7.14. The number of carbonyl (C=O) groups is 1. The molecule has 0 spiro atoms. The summed E-state index contributed by atoms with van der Waals surface area (Å²) >= 11 is 5.81. The summed E-state index contributed by atoms with van der Waals surface area (Å²) in [7, 11) is 0. The molecule has 3 nitrogen and oxygen atoms in total. The van der Waals surface area contributed by atoms with Crippen molar-refractivity contribution in [3.05, 3.63) is 29.3 Å². The van der Waals surface area contributed by atoms with Crippen molar-refractivity contribution in [1.82, 2.24) is 4.90 Å². The van der Waals surface area contributed by atoms with Gasteiger partial charge in [0.15, 0.2) is 0 Å². The van der Waals surface area contributed by atoms with Gasteiger partial charge in [0, 0.05) is 10.7 Å². The van der Waals surface area contributed by atoms with Gasteiger partial charge in [-0.25, -0.2) is 0 Å². The minimum Gasteiger partial charge on any atom is -0.325 e. The third kappa shape index (κ3) is 3.47. The zero-order valence-electron chi connectivity index (χ0n) is 10.7. The van der Waals surface area contributed by atoms with Crippen LogP contribution in [0.1, 0.15) is 26.2 Å². The van der Waals surface area contributed by atoms with Gasteiger partial charge < -0.3 is 5.32 Å². The molecule has 1 atom stereocenters. The third-order valence-electron chi connectivity index (χ3n) is 3.43. The summed E-state index contributed by atoms with van der Waals surface area (Å²) in [4.78, 5) is 14.4. The number of hydrogen-bond donors (Lipinski definition) is 1. The molecule has 1 N–H and O–H groups in total. The fourth-order valence-electron chi connectivity index (χ4n) is 2.25. The van der Waals surface area contributed by atoms with Gasteiger partial charge in [0.05, 0.1) is 6.04 Å². The van der Waals surface area contributed by atoms with E-state index in [9.17, 15) is 4.79 Å². The first-order chi connectivity index (χ1) is 8.66. The number of nitrogens with zero attached hydrogens (tertiary/aromatic N) is 1. The topological polar surface area (TPSA) is 32.3 Å². The molecule has 1 amide bonds. The van der Waals surface area contributed by atoms with Crippen LogP contribution >= 0.6 is 11.6 Å². The number of likely N-dealkylation sites (tertiary alicyclic amines) is 1. The van der Waals surface area contributed by atoms with Crippen LogP contribution in [0.5, 0.6) is 0 Å². The fraction of sp³-hybridized carbons (Fsp3) is 0.500. The second kappa shape index (κ2) is 6.21. The lowest BCUT2D eigenvalue weighted by Crippen LogP contribution is -2.44. The highest BCUT2D eigenvalue weighted by Gasteiger charge is 2.22. The van der Waals surface area contributed by atoms with Crippen LogP contribution in [-0.2, 0) is 4.79 Å².